The van der Waals surface area contributed by atoms with Gasteiger partial charge in [-0.25, -0.2) is 0 Å². The van der Waals surface area contributed by atoms with Crippen LogP contribution in [0.3, 0.4) is 0 Å². The van der Waals surface area contributed by atoms with Crippen molar-refractivity contribution in [3.05, 3.63) is 35.4 Å². The maximum absolute atomic E-state index is 6.37. The lowest BCUT2D eigenvalue weighted by atomic mass is 9.89. The summed E-state index contributed by atoms with van der Waals surface area (Å²) in [5.41, 5.74) is 2.72. The van der Waals surface area contributed by atoms with Crippen LogP contribution < -0.4 is 0 Å². The monoisotopic (exact) mass is 210 g/mol. The quantitative estimate of drug-likeness (QED) is 0.651. The van der Waals surface area contributed by atoms with E-state index in [4.69, 9.17) is 11.6 Å². The summed E-state index contributed by atoms with van der Waals surface area (Å²) in [4.78, 5) is 0. The Hall–Kier alpha value is -0.490. The van der Waals surface area contributed by atoms with Crippen LogP contribution in [0, 0.1) is 12.8 Å². The van der Waals surface area contributed by atoms with Crippen molar-refractivity contribution in [2.75, 3.05) is 0 Å². The number of halogens is 1. The van der Waals surface area contributed by atoms with E-state index < -0.39 is 0 Å². The van der Waals surface area contributed by atoms with Crippen molar-refractivity contribution in [3.8, 4) is 0 Å². The second kappa shape index (κ2) is 4.84. The summed E-state index contributed by atoms with van der Waals surface area (Å²) >= 11 is 6.37. The van der Waals surface area contributed by atoms with Crippen molar-refractivity contribution in [1.82, 2.24) is 0 Å². The summed E-state index contributed by atoms with van der Waals surface area (Å²) in [5.74, 6) is 0.948. The van der Waals surface area contributed by atoms with Gasteiger partial charge in [0.2, 0.25) is 0 Å². The van der Waals surface area contributed by atoms with Crippen LogP contribution in [-0.2, 0) is 0 Å². The fourth-order valence-electron chi connectivity index (χ4n) is 1.85. The van der Waals surface area contributed by atoms with Gasteiger partial charge in [-0.1, -0.05) is 45.0 Å². The van der Waals surface area contributed by atoms with Gasteiger partial charge in [0.1, 0.15) is 0 Å². The molecule has 78 valence electrons. The van der Waals surface area contributed by atoms with Crippen molar-refractivity contribution >= 4 is 11.6 Å². The third-order valence-corrected chi connectivity index (χ3v) is 3.68. The maximum atomic E-state index is 6.37. The third kappa shape index (κ3) is 2.51. The molecule has 0 aliphatic carbocycles. The van der Waals surface area contributed by atoms with Crippen LogP contribution in [0.4, 0.5) is 0 Å². The Morgan fingerprint density at radius 2 is 1.64 bits per heavy atom. The fourth-order valence-corrected chi connectivity index (χ4v) is 1.98. The minimum atomic E-state index is 0.219. The van der Waals surface area contributed by atoms with Crippen molar-refractivity contribution in [1.29, 1.82) is 0 Å². The van der Waals surface area contributed by atoms with E-state index in [-0.39, 0.29) is 5.38 Å². The summed E-state index contributed by atoms with van der Waals surface area (Å²) < 4.78 is 0. The Morgan fingerprint density at radius 3 is 2.14 bits per heavy atom. The minimum absolute atomic E-state index is 0.219. The lowest BCUT2D eigenvalue weighted by molar-refractivity contribution is 0.532. The van der Waals surface area contributed by atoms with Gasteiger partial charge in [0.15, 0.2) is 0 Å². The van der Waals surface area contributed by atoms with E-state index in [0.29, 0.717) is 11.8 Å². The zero-order valence-electron chi connectivity index (χ0n) is 9.42. The van der Waals surface area contributed by atoms with Gasteiger partial charge in [-0.05, 0) is 29.9 Å². The molecule has 0 saturated heterocycles. The predicted molar refractivity (Wildman–Crippen MR) is 64.1 cm³/mol. The SMILES string of the molecule is Cc1ccccc1C(C)C(Cl)C(C)C. The minimum Gasteiger partial charge on any atom is -0.122 e. The summed E-state index contributed by atoms with van der Waals surface area (Å²) in [6, 6.07) is 8.49. The van der Waals surface area contributed by atoms with Crippen LogP contribution in [0.25, 0.3) is 0 Å². The highest BCUT2D eigenvalue weighted by atomic mass is 35.5. The maximum Gasteiger partial charge on any atom is 0.0424 e. The molecule has 1 aromatic carbocycles. The molecule has 0 bridgehead atoms. The Balaban J connectivity index is 2.89. The summed E-state index contributed by atoms with van der Waals surface area (Å²) in [5, 5.41) is 0.219. The van der Waals surface area contributed by atoms with Gasteiger partial charge in [0.25, 0.3) is 0 Å². The van der Waals surface area contributed by atoms with E-state index in [1.165, 1.54) is 11.1 Å². The van der Waals surface area contributed by atoms with Gasteiger partial charge in [0, 0.05) is 5.38 Å². The smallest absolute Gasteiger partial charge is 0.0424 e. The number of benzene rings is 1. The Labute approximate surface area is 92.3 Å². The lowest BCUT2D eigenvalue weighted by Crippen LogP contribution is -2.16. The van der Waals surface area contributed by atoms with Crippen LogP contribution in [0.2, 0.25) is 0 Å². The topological polar surface area (TPSA) is 0 Å². The highest BCUT2D eigenvalue weighted by Gasteiger charge is 2.20. The number of hydrogen-bond acceptors (Lipinski definition) is 0. The zero-order valence-corrected chi connectivity index (χ0v) is 10.2. The highest BCUT2D eigenvalue weighted by molar-refractivity contribution is 6.21. The molecule has 0 N–H and O–H groups in total. The van der Waals surface area contributed by atoms with E-state index in [2.05, 4.69) is 52.0 Å². The van der Waals surface area contributed by atoms with Gasteiger partial charge < -0.3 is 0 Å². The Morgan fingerprint density at radius 1 is 1.07 bits per heavy atom. The number of rotatable bonds is 3. The molecule has 0 saturated carbocycles. The van der Waals surface area contributed by atoms with Crippen LogP contribution >= 0.6 is 11.6 Å². The molecular formula is C13H19Cl. The molecule has 0 heterocycles. The second-order valence-electron chi connectivity index (χ2n) is 4.33. The average molecular weight is 211 g/mol. The zero-order chi connectivity index (χ0) is 10.7. The molecule has 0 aliphatic rings. The Bertz CT molecular complexity index is 291. The number of aryl methyl sites for hydroxylation is 1. The molecule has 2 unspecified atom stereocenters. The molecule has 0 aliphatic heterocycles. The second-order valence-corrected chi connectivity index (χ2v) is 4.84. The molecule has 0 amide bonds. The first kappa shape index (κ1) is 11.6. The average Bonchev–Trinajstić information content (AvgIpc) is 2.16. The first-order valence-corrected chi connectivity index (χ1v) is 5.67. The predicted octanol–water partition coefficient (Wildman–Crippen LogP) is 4.36. The van der Waals surface area contributed by atoms with E-state index in [1.54, 1.807) is 0 Å². The van der Waals surface area contributed by atoms with Crippen LogP contribution in [-0.4, -0.2) is 5.38 Å². The summed E-state index contributed by atoms with van der Waals surface area (Å²) in [6.07, 6.45) is 0. The van der Waals surface area contributed by atoms with Crippen LogP contribution in [0.1, 0.15) is 37.8 Å². The molecule has 0 nitrogen and oxygen atoms in total. The molecule has 0 fully saturated rings. The number of alkyl halides is 1. The summed E-state index contributed by atoms with van der Waals surface area (Å²) in [7, 11) is 0. The van der Waals surface area contributed by atoms with Crippen molar-refractivity contribution in [2.24, 2.45) is 5.92 Å². The standard InChI is InChI=1S/C13H19Cl/c1-9(2)13(14)11(4)12-8-6-5-7-10(12)3/h5-9,11,13H,1-4H3. The molecule has 1 rings (SSSR count). The molecule has 2 atom stereocenters. The first-order chi connectivity index (χ1) is 6.54. The molecule has 0 spiro atoms. The van der Waals surface area contributed by atoms with E-state index in [0.717, 1.165) is 0 Å². The van der Waals surface area contributed by atoms with Crippen molar-refractivity contribution < 1.29 is 0 Å². The van der Waals surface area contributed by atoms with Crippen molar-refractivity contribution in [3.63, 3.8) is 0 Å². The number of hydrogen-bond donors (Lipinski definition) is 0. The van der Waals surface area contributed by atoms with Gasteiger partial charge in [-0.2, -0.15) is 0 Å². The van der Waals surface area contributed by atoms with Crippen LogP contribution in [0.5, 0.6) is 0 Å². The van der Waals surface area contributed by atoms with Crippen molar-refractivity contribution in [2.45, 2.75) is 39.0 Å². The van der Waals surface area contributed by atoms with Crippen LogP contribution in [0.15, 0.2) is 24.3 Å². The largest absolute Gasteiger partial charge is 0.122 e. The molecule has 1 aromatic rings. The van der Waals surface area contributed by atoms with E-state index in [9.17, 15) is 0 Å². The molecule has 1 heteroatoms. The lowest BCUT2D eigenvalue weighted by Gasteiger charge is -2.23. The third-order valence-electron chi connectivity index (χ3n) is 2.79. The molecule has 0 aromatic heterocycles. The molecule has 14 heavy (non-hydrogen) atoms. The molecule has 0 radical (unpaired) electrons. The Kier molecular flexibility index (Phi) is 4.00. The normalized spacial score (nSPS) is 15.6. The fraction of sp³-hybridized carbons (Fsp3) is 0.538. The first-order valence-electron chi connectivity index (χ1n) is 5.23. The van der Waals surface area contributed by atoms with Gasteiger partial charge in [0.05, 0.1) is 0 Å². The van der Waals surface area contributed by atoms with Gasteiger partial charge >= 0.3 is 0 Å². The molecular weight excluding hydrogens is 192 g/mol. The van der Waals surface area contributed by atoms with E-state index in [1.807, 2.05) is 0 Å². The highest BCUT2D eigenvalue weighted by Crippen LogP contribution is 2.30. The van der Waals surface area contributed by atoms with Gasteiger partial charge in [-0.3, -0.25) is 0 Å². The summed E-state index contributed by atoms with van der Waals surface area (Å²) in [6.45, 7) is 8.70. The van der Waals surface area contributed by atoms with E-state index >= 15 is 0 Å². The van der Waals surface area contributed by atoms with Gasteiger partial charge in [-0.15, -0.1) is 11.6 Å².